The molecular weight excluding hydrogens is 266 g/mol. The highest BCUT2D eigenvalue weighted by molar-refractivity contribution is 5.37. The van der Waals surface area contributed by atoms with Crippen LogP contribution in [0.1, 0.15) is 17.0 Å². The Morgan fingerprint density at radius 1 is 1.20 bits per heavy atom. The summed E-state index contributed by atoms with van der Waals surface area (Å²) in [5, 5.41) is 17.8. The van der Waals surface area contributed by atoms with Gasteiger partial charge in [-0.15, -0.1) is 0 Å². The van der Waals surface area contributed by atoms with Gasteiger partial charge in [0.2, 0.25) is 0 Å². The SMILES string of the molecule is N#Cc1ncn(Cc2ccc(OC(F)F)cc2)c1C#N. The number of ether oxygens (including phenoxy) is 1. The van der Waals surface area contributed by atoms with Crippen LogP contribution in [-0.2, 0) is 6.54 Å². The molecule has 2 rings (SSSR count). The Balaban J connectivity index is 2.17. The van der Waals surface area contributed by atoms with Gasteiger partial charge < -0.3 is 9.30 Å². The second kappa shape index (κ2) is 5.81. The van der Waals surface area contributed by atoms with E-state index in [1.54, 1.807) is 12.1 Å². The quantitative estimate of drug-likeness (QED) is 0.857. The van der Waals surface area contributed by atoms with Crippen LogP contribution in [0.25, 0.3) is 0 Å². The Bertz CT molecular complexity index is 680. The van der Waals surface area contributed by atoms with Gasteiger partial charge >= 0.3 is 6.61 Å². The van der Waals surface area contributed by atoms with Crippen LogP contribution in [0, 0.1) is 22.7 Å². The topological polar surface area (TPSA) is 74.6 Å². The second-order valence-electron chi connectivity index (χ2n) is 3.82. The number of nitrogens with zero attached hydrogens (tertiary/aromatic N) is 4. The van der Waals surface area contributed by atoms with Gasteiger partial charge in [0.15, 0.2) is 11.4 Å². The molecule has 0 N–H and O–H groups in total. The van der Waals surface area contributed by atoms with Crippen molar-refractivity contribution in [3.05, 3.63) is 47.5 Å². The van der Waals surface area contributed by atoms with Gasteiger partial charge in [-0.05, 0) is 17.7 Å². The Kier molecular flexibility index (Phi) is 3.92. The van der Waals surface area contributed by atoms with Crippen molar-refractivity contribution in [1.82, 2.24) is 9.55 Å². The molecule has 0 aliphatic rings. The van der Waals surface area contributed by atoms with Crippen LogP contribution in [0.15, 0.2) is 30.6 Å². The monoisotopic (exact) mass is 274 g/mol. The largest absolute Gasteiger partial charge is 0.435 e. The highest BCUT2D eigenvalue weighted by Crippen LogP contribution is 2.16. The average Bonchev–Trinajstić information content (AvgIpc) is 2.82. The first-order valence-electron chi connectivity index (χ1n) is 5.53. The molecule has 20 heavy (non-hydrogen) atoms. The Morgan fingerprint density at radius 2 is 1.90 bits per heavy atom. The molecule has 0 saturated carbocycles. The van der Waals surface area contributed by atoms with Gasteiger partial charge in [-0.1, -0.05) is 12.1 Å². The van der Waals surface area contributed by atoms with Crippen LogP contribution < -0.4 is 4.74 Å². The summed E-state index contributed by atoms with van der Waals surface area (Å²) in [5.41, 5.74) is 0.996. The fraction of sp³-hybridized carbons (Fsp3) is 0.154. The molecule has 0 atom stereocenters. The maximum Gasteiger partial charge on any atom is 0.387 e. The molecule has 100 valence electrons. The molecular formula is C13H8F2N4O. The summed E-state index contributed by atoms with van der Waals surface area (Å²) in [6.45, 7) is -2.55. The Labute approximate surface area is 113 Å². The minimum Gasteiger partial charge on any atom is -0.435 e. The average molecular weight is 274 g/mol. The van der Waals surface area contributed by atoms with Gasteiger partial charge in [-0.25, -0.2) is 4.98 Å². The van der Waals surface area contributed by atoms with Crippen molar-refractivity contribution in [3.63, 3.8) is 0 Å². The summed E-state index contributed by atoms with van der Waals surface area (Å²) >= 11 is 0. The van der Waals surface area contributed by atoms with Gasteiger partial charge in [0.05, 0.1) is 6.33 Å². The second-order valence-corrected chi connectivity index (χ2v) is 3.82. The van der Waals surface area contributed by atoms with Crippen molar-refractivity contribution < 1.29 is 13.5 Å². The maximum absolute atomic E-state index is 12.0. The van der Waals surface area contributed by atoms with Gasteiger partial charge in [-0.3, -0.25) is 0 Å². The van der Waals surface area contributed by atoms with E-state index < -0.39 is 6.61 Å². The van der Waals surface area contributed by atoms with E-state index >= 15 is 0 Å². The van der Waals surface area contributed by atoms with Crippen LogP contribution in [0.3, 0.4) is 0 Å². The van der Waals surface area contributed by atoms with Crippen molar-refractivity contribution in [3.8, 4) is 17.9 Å². The number of halogens is 2. The number of hydrogen-bond acceptors (Lipinski definition) is 4. The van der Waals surface area contributed by atoms with Crippen LogP contribution in [0.5, 0.6) is 5.75 Å². The van der Waals surface area contributed by atoms with E-state index in [1.165, 1.54) is 23.0 Å². The Morgan fingerprint density at radius 3 is 2.45 bits per heavy atom. The lowest BCUT2D eigenvalue weighted by Crippen LogP contribution is -2.03. The number of alkyl halides is 2. The van der Waals surface area contributed by atoms with Crippen molar-refractivity contribution >= 4 is 0 Å². The molecule has 0 bridgehead atoms. The highest BCUT2D eigenvalue weighted by Gasteiger charge is 2.10. The summed E-state index contributed by atoms with van der Waals surface area (Å²) in [4.78, 5) is 3.81. The predicted molar refractivity (Wildman–Crippen MR) is 63.8 cm³/mol. The number of imidazole rings is 1. The Hall–Kier alpha value is -2.93. The van der Waals surface area contributed by atoms with E-state index in [0.29, 0.717) is 6.54 Å². The molecule has 0 aliphatic heterocycles. The highest BCUT2D eigenvalue weighted by atomic mass is 19.3. The summed E-state index contributed by atoms with van der Waals surface area (Å²) < 4.78 is 29.8. The zero-order valence-electron chi connectivity index (χ0n) is 10.1. The number of aromatic nitrogens is 2. The van der Waals surface area contributed by atoms with Crippen LogP contribution in [0.2, 0.25) is 0 Å². The molecule has 2 aromatic rings. The number of nitriles is 2. The molecule has 0 unspecified atom stereocenters. The standard InChI is InChI=1S/C13H8F2N4O/c14-13(15)20-10-3-1-9(2-4-10)7-19-8-18-11(5-16)12(19)6-17/h1-4,8,13H,7H2. The van der Waals surface area contributed by atoms with E-state index in [-0.39, 0.29) is 17.1 Å². The van der Waals surface area contributed by atoms with E-state index in [0.717, 1.165) is 5.56 Å². The molecule has 1 aromatic heterocycles. The van der Waals surface area contributed by atoms with Crippen LogP contribution >= 0.6 is 0 Å². The molecule has 0 radical (unpaired) electrons. The molecule has 0 amide bonds. The lowest BCUT2D eigenvalue weighted by molar-refractivity contribution is -0.0498. The first kappa shape index (κ1) is 13.5. The summed E-state index contributed by atoms with van der Waals surface area (Å²) in [5.74, 6) is 0.0626. The summed E-state index contributed by atoms with van der Waals surface area (Å²) in [7, 11) is 0. The molecule has 0 spiro atoms. The summed E-state index contributed by atoms with van der Waals surface area (Å²) in [6, 6.07) is 9.76. The molecule has 1 aromatic carbocycles. The van der Waals surface area contributed by atoms with Gasteiger partial charge in [0.1, 0.15) is 17.9 Å². The third kappa shape index (κ3) is 2.90. The maximum atomic E-state index is 12.0. The van der Waals surface area contributed by atoms with E-state index in [4.69, 9.17) is 10.5 Å². The van der Waals surface area contributed by atoms with Gasteiger partial charge in [-0.2, -0.15) is 19.3 Å². The van der Waals surface area contributed by atoms with E-state index in [2.05, 4.69) is 9.72 Å². The molecule has 5 nitrogen and oxygen atoms in total. The molecule has 1 heterocycles. The zero-order valence-corrected chi connectivity index (χ0v) is 10.1. The number of rotatable bonds is 4. The fourth-order valence-electron chi connectivity index (χ4n) is 1.67. The van der Waals surface area contributed by atoms with Gasteiger partial charge in [0, 0.05) is 6.54 Å². The smallest absolute Gasteiger partial charge is 0.387 e. The third-order valence-electron chi connectivity index (χ3n) is 2.55. The minimum absolute atomic E-state index is 0.0603. The molecule has 0 saturated heterocycles. The van der Waals surface area contributed by atoms with Crippen molar-refractivity contribution in [2.45, 2.75) is 13.2 Å². The minimum atomic E-state index is -2.86. The lowest BCUT2D eigenvalue weighted by atomic mass is 10.2. The first-order valence-corrected chi connectivity index (χ1v) is 5.53. The number of hydrogen-bond donors (Lipinski definition) is 0. The fourth-order valence-corrected chi connectivity index (χ4v) is 1.67. The summed E-state index contributed by atoms with van der Waals surface area (Å²) in [6.07, 6.45) is 1.39. The lowest BCUT2D eigenvalue weighted by Gasteiger charge is -2.07. The van der Waals surface area contributed by atoms with Crippen LogP contribution in [0.4, 0.5) is 8.78 Å². The van der Waals surface area contributed by atoms with Crippen molar-refractivity contribution in [1.29, 1.82) is 10.5 Å². The molecule has 0 aliphatic carbocycles. The molecule has 0 fully saturated rings. The third-order valence-corrected chi connectivity index (χ3v) is 2.55. The van der Waals surface area contributed by atoms with Crippen LogP contribution in [-0.4, -0.2) is 16.2 Å². The van der Waals surface area contributed by atoms with E-state index in [1.807, 2.05) is 12.1 Å². The van der Waals surface area contributed by atoms with E-state index in [9.17, 15) is 8.78 Å². The zero-order chi connectivity index (χ0) is 14.5. The normalized spacial score (nSPS) is 10.1. The van der Waals surface area contributed by atoms with Gasteiger partial charge in [0.25, 0.3) is 0 Å². The number of benzene rings is 1. The van der Waals surface area contributed by atoms with Crippen molar-refractivity contribution in [2.75, 3.05) is 0 Å². The van der Waals surface area contributed by atoms with Crippen molar-refractivity contribution in [2.24, 2.45) is 0 Å². The predicted octanol–water partition coefficient (Wildman–Crippen LogP) is 2.28. The molecule has 7 heteroatoms. The first-order chi connectivity index (χ1) is 9.63.